The highest BCUT2D eigenvalue weighted by Gasteiger charge is 2.41. The molecule has 1 spiro atoms. The minimum absolute atomic E-state index is 0. The maximum absolute atomic E-state index is 13.0. The Morgan fingerprint density at radius 2 is 1.73 bits per heavy atom. The molecule has 0 amide bonds. The van der Waals surface area contributed by atoms with E-state index in [2.05, 4.69) is 9.98 Å². The molecule has 0 unspecified atom stereocenters. The topological polar surface area (TPSA) is 80.0 Å². The summed E-state index contributed by atoms with van der Waals surface area (Å²) in [6.45, 7) is 0.562. The van der Waals surface area contributed by atoms with Crippen molar-refractivity contribution >= 4 is 24.3 Å². The third-order valence-corrected chi connectivity index (χ3v) is 4.24. The number of nitrogens with zero attached hydrogens (tertiary/aromatic N) is 3. The van der Waals surface area contributed by atoms with Crippen molar-refractivity contribution in [1.82, 2.24) is 4.90 Å². The zero-order valence-electron chi connectivity index (χ0n) is 12.3. The first kappa shape index (κ1) is 16.5. The largest absolute Gasteiger partial charge is 0.369 e. The van der Waals surface area contributed by atoms with Gasteiger partial charge >= 0.3 is 0 Å². The van der Waals surface area contributed by atoms with Crippen molar-refractivity contribution in [3.63, 3.8) is 0 Å². The molecular formula is C15H21ClFN5. The second-order valence-electron chi connectivity index (χ2n) is 5.70. The Kier molecular flexibility index (Phi) is 4.90. The minimum Gasteiger partial charge on any atom is -0.369 e. The summed E-state index contributed by atoms with van der Waals surface area (Å²) >= 11 is 0. The third kappa shape index (κ3) is 3.16. The normalized spacial score (nSPS) is 20.1. The van der Waals surface area contributed by atoms with Gasteiger partial charge in [-0.25, -0.2) is 9.38 Å². The average Bonchev–Trinajstić information content (AvgIpc) is 2.46. The zero-order valence-corrected chi connectivity index (χ0v) is 13.2. The fraction of sp³-hybridized carbons (Fsp3) is 0.467. The monoisotopic (exact) mass is 325 g/mol. The molecule has 7 heteroatoms. The van der Waals surface area contributed by atoms with Crippen LogP contribution in [0.3, 0.4) is 0 Å². The van der Waals surface area contributed by atoms with Gasteiger partial charge < -0.3 is 16.4 Å². The van der Waals surface area contributed by atoms with Gasteiger partial charge in [0.15, 0.2) is 0 Å². The summed E-state index contributed by atoms with van der Waals surface area (Å²) < 4.78 is 13.0. The summed E-state index contributed by atoms with van der Waals surface area (Å²) in [5.41, 5.74) is 12.5. The molecule has 1 aromatic rings. The van der Waals surface area contributed by atoms with Crippen molar-refractivity contribution in [1.29, 1.82) is 0 Å². The van der Waals surface area contributed by atoms with Gasteiger partial charge in [0.2, 0.25) is 11.9 Å². The summed E-state index contributed by atoms with van der Waals surface area (Å²) in [7, 11) is 0. The first-order valence-electron chi connectivity index (χ1n) is 7.31. The van der Waals surface area contributed by atoms with Crippen LogP contribution in [0, 0.1) is 5.82 Å². The van der Waals surface area contributed by atoms with Crippen molar-refractivity contribution in [2.75, 3.05) is 0 Å². The van der Waals surface area contributed by atoms with Gasteiger partial charge in [0.1, 0.15) is 11.5 Å². The van der Waals surface area contributed by atoms with Crippen LogP contribution in [-0.2, 0) is 6.54 Å². The van der Waals surface area contributed by atoms with Gasteiger partial charge in [-0.15, -0.1) is 12.4 Å². The van der Waals surface area contributed by atoms with Crippen LogP contribution in [0.15, 0.2) is 34.3 Å². The first-order chi connectivity index (χ1) is 10.1. The number of rotatable bonds is 2. The van der Waals surface area contributed by atoms with Crippen molar-refractivity contribution in [2.24, 2.45) is 21.5 Å². The van der Waals surface area contributed by atoms with Crippen molar-refractivity contribution in [3.8, 4) is 0 Å². The maximum Gasteiger partial charge on any atom is 0.220 e. The molecule has 0 saturated heterocycles. The number of guanidine groups is 2. The van der Waals surface area contributed by atoms with Gasteiger partial charge in [0, 0.05) is 6.54 Å². The van der Waals surface area contributed by atoms with Crippen LogP contribution in [0.25, 0.3) is 0 Å². The number of halogens is 2. The number of hydrogen-bond acceptors (Lipinski definition) is 5. The SMILES string of the molecule is Cl.NC1=NC2(CCCCC2)N(Cc2ccc(F)cc2)C(N)=N1. The highest BCUT2D eigenvalue weighted by Crippen LogP contribution is 2.37. The average molecular weight is 326 g/mol. The molecule has 0 aromatic heterocycles. The number of aliphatic imine (C=N–C) groups is 2. The van der Waals surface area contributed by atoms with E-state index in [1.165, 1.54) is 18.6 Å². The van der Waals surface area contributed by atoms with Crippen LogP contribution in [0.4, 0.5) is 4.39 Å². The molecular weight excluding hydrogens is 305 g/mol. The molecule has 0 bridgehead atoms. The molecule has 1 saturated carbocycles. The molecule has 3 rings (SSSR count). The van der Waals surface area contributed by atoms with Crippen LogP contribution in [0.1, 0.15) is 37.7 Å². The molecule has 1 aliphatic heterocycles. The van der Waals surface area contributed by atoms with E-state index in [1.54, 1.807) is 12.1 Å². The zero-order chi connectivity index (χ0) is 14.9. The summed E-state index contributed by atoms with van der Waals surface area (Å²) in [6, 6.07) is 6.44. The Balaban J connectivity index is 0.00000176. The summed E-state index contributed by atoms with van der Waals surface area (Å²) in [4.78, 5) is 10.7. The Bertz CT molecular complexity index is 578. The highest BCUT2D eigenvalue weighted by molar-refractivity contribution is 5.95. The molecule has 1 heterocycles. The summed E-state index contributed by atoms with van der Waals surface area (Å²) in [6.07, 6.45) is 5.25. The molecule has 0 atom stereocenters. The molecule has 0 radical (unpaired) electrons. The fourth-order valence-electron chi connectivity index (χ4n) is 3.19. The smallest absolute Gasteiger partial charge is 0.220 e. The minimum atomic E-state index is -0.386. The van der Waals surface area contributed by atoms with Crippen molar-refractivity contribution in [2.45, 2.75) is 44.3 Å². The van der Waals surface area contributed by atoms with Gasteiger partial charge in [-0.05, 0) is 43.4 Å². The Morgan fingerprint density at radius 1 is 1.09 bits per heavy atom. The lowest BCUT2D eigenvalue weighted by Gasteiger charge is -2.45. The van der Waals surface area contributed by atoms with Crippen LogP contribution in [-0.4, -0.2) is 22.5 Å². The van der Waals surface area contributed by atoms with E-state index in [9.17, 15) is 4.39 Å². The summed E-state index contributed by atoms with van der Waals surface area (Å²) in [5.74, 6) is 0.409. The van der Waals surface area contributed by atoms with Crippen molar-refractivity contribution in [3.05, 3.63) is 35.6 Å². The predicted molar refractivity (Wildman–Crippen MR) is 88.3 cm³/mol. The Hall–Kier alpha value is -1.82. The van der Waals surface area contributed by atoms with E-state index in [-0.39, 0.29) is 29.8 Å². The van der Waals surface area contributed by atoms with Gasteiger partial charge in [0.05, 0.1) is 0 Å². The van der Waals surface area contributed by atoms with Gasteiger partial charge in [-0.3, -0.25) is 0 Å². The van der Waals surface area contributed by atoms with E-state index in [0.717, 1.165) is 31.2 Å². The van der Waals surface area contributed by atoms with E-state index in [0.29, 0.717) is 12.5 Å². The molecule has 1 fully saturated rings. The lowest BCUT2D eigenvalue weighted by atomic mass is 9.87. The second kappa shape index (κ2) is 6.52. The quantitative estimate of drug-likeness (QED) is 0.876. The van der Waals surface area contributed by atoms with Gasteiger partial charge in [-0.2, -0.15) is 4.99 Å². The molecule has 120 valence electrons. The number of nitrogens with two attached hydrogens (primary N) is 2. The van der Waals surface area contributed by atoms with Crippen LogP contribution >= 0.6 is 12.4 Å². The molecule has 2 aliphatic rings. The second-order valence-corrected chi connectivity index (χ2v) is 5.70. The lowest BCUT2D eigenvalue weighted by molar-refractivity contribution is 0.114. The van der Waals surface area contributed by atoms with Gasteiger partial charge in [0.25, 0.3) is 0 Å². The van der Waals surface area contributed by atoms with E-state index in [1.807, 2.05) is 4.90 Å². The maximum atomic E-state index is 13.0. The number of benzene rings is 1. The predicted octanol–water partition coefficient (Wildman–Crippen LogP) is 2.35. The van der Waals surface area contributed by atoms with Gasteiger partial charge in [-0.1, -0.05) is 18.6 Å². The standard InChI is InChI=1S/C15H20FN5.ClH/c16-12-6-4-11(5-7-12)10-21-14(18)19-13(17)20-15(21)8-2-1-3-9-15;/h4-7H,1-3,8-10H2,(H4,17,18,19,20);1H. The van der Waals surface area contributed by atoms with E-state index in [4.69, 9.17) is 11.5 Å². The van der Waals surface area contributed by atoms with E-state index < -0.39 is 0 Å². The third-order valence-electron chi connectivity index (χ3n) is 4.24. The molecule has 1 aliphatic carbocycles. The van der Waals surface area contributed by atoms with Crippen LogP contribution in [0.5, 0.6) is 0 Å². The molecule has 22 heavy (non-hydrogen) atoms. The van der Waals surface area contributed by atoms with E-state index >= 15 is 0 Å². The highest BCUT2D eigenvalue weighted by atomic mass is 35.5. The van der Waals surface area contributed by atoms with Crippen molar-refractivity contribution < 1.29 is 4.39 Å². The fourth-order valence-corrected chi connectivity index (χ4v) is 3.19. The Labute approximate surface area is 135 Å². The number of hydrogen-bond donors (Lipinski definition) is 2. The molecule has 5 nitrogen and oxygen atoms in total. The molecule has 1 aromatic carbocycles. The lowest BCUT2D eigenvalue weighted by Crippen LogP contribution is -2.57. The summed E-state index contributed by atoms with van der Waals surface area (Å²) in [5, 5.41) is 0. The Morgan fingerprint density at radius 3 is 2.36 bits per heavy atom. The molecule has 4 N–H and O–H groups in total. The van der Waals surface area contributed by atoms with Crippen LogP contribution in [0.2, 0.25) is 0 Å². The van der Waals surface area contributed by atoms with Crippen LogP contribution < -0.4 is 11.5 Å². The first-order valence-corrected chi connectivity index (χ1v) is 7.31.